The van der Waals surface area contributed by atoms with Gasteiger partial charge in [-0.05, 0) is 32.6 Å². The summed E-state index contributed by atoms with van der Waals surface area (Å²) in [6, 6.07) is 0.0944. The summed E-state index contributed by atoms with van der Waals surface area (Å²) in [4.78, 5) is 40.0. The van der Waals surface area contributed by atoms with Crippen LogP contribution in [0.4, 0.5) is 16.2 Å². The molecule has 7 nitrogen and oxygen atoms in total. The number of anilines is 2. The van der Waals surface area contributed by atoms with Gasteiger partial charge in [0.05, 0.1) is 6.61 Å². The fraction of sp³-hybridized carbons (Fsp3) is 0.750. The molecule has 7 heteroatoms. The van der Waals surface area contributed by atoms with Gasteiger partial charge in [-0.25, -0.2) is 4.79 Å². The van der Waals surface area contributed by atoms with Crippen LogP contribution in [0.3, 0.4) is 0 Å². The molecule has 0 atom stereocenters. The van der Waals surface area contributed by atoms with Gasteiger partial charge in [0, 0.05) is 32.2 Å². The van der Waals surface area contributed by atoms with E-state index in [1.54, 1.807) is 11.8 Å². The highest BCUT2D eigenvalue weighted by atomic mass is 16.6. The SMILES string of the molecule is CCCCN(CCCC)c1c(NC2CCN(C(=O)OCC)CC2)c(=O)c1=O. The van der Waals surface area contributed by atoms with E-state index in [9.17, 15) is 14.4 Å². The molecule has 1 heterocycles. The van der Waals surface area contributed by atoms with Gasteiger partial charge in [0.1, 0.15) is 11.4 Å². The number of piperidine rings is 1. The molecule has 0 radical (unpaired) electrons. The first-order valence-electron chi connectivity index (χ1n) is 10.3. The summed E-state index contributed by atoms with van der Waals surface area (Å²) in [7, 11) is 0. The van der Waals surface area contributed by atoms with Gasteiger partial charge in [0.2, 0.25) is 0 Å². The van der Waals surface area contributed by atoms with Crippen LogP contribution in [-0.4, -0.2) is 49.8 Å². The van der Waals surface area contributed by atoms with Crippen molar-refractivity contribution in [3.8, 4) is 0 Å². The molecule has 152 valence electrons. The van der Waals surface area contributed by atoms with E-state index in [4.69, 9.17) is 4.74 Å². The smallest absolute Gasteiger partial charge is 0.409 e. The third-order valence-corrected chi connectivity index (χ3v) is 5.13. The molecule has 1 saturated heterocycles. The summed E-state index contributed by atoms with van der Waals surface area (Å²) < 4.78 is 5.04. The van der Waals surface area contributed by atoms with Crippen LogP contribution in [0.5, 0.6) is 0 Å². The minimum atomic E-state index is -0.407. The van der Waals surface area contributed by atoms with Gasteiger partial charge < -0.3 is 19.9 Å². The van der Waals surface area contributed by atoms with E-state index in [1.165, 1.54) is 0 Å². The molecule has 1 aromatic rings. The standard InChI is InChI=1S/C20H33N3O4/c1-4-7-11-22(12-8-5-2)17-16(18(24)19(17)25)21-15-9-13-23(14-10-15)20(26)27-6-3/h15,21H,4-14H2,1-3H3. The fourth-order valence-electron chi connectivity index (χ4n) is 3.47. The minimum absolute atomic E-state index is 0.0944. The molecular weight excluding hydrogens is 346 g/mol. The molecule has 0 aromatic heterocycles. The number of nitrogens with one attached hydrogen (secondary N) is 1. The summed E-state index contributed by atoms with van der Waals surface area (Å²) in [6.07, 6.45) is 5.29. The zero-order valence-corrected chi connectivity index (χ0v) is 16.9. The van der Waals surface area contributed by atoms with E-state index in [1.807, 2.05) is 0 Å². The van der Waals surface area contributed by atoms with Crippen LogP contribution in [-0.2, 0) is 4.74 Å². The lowest BCUT2D eigenvalue weighted by molar-refractivity contribution is 0.0983. The van der Waals surface area contributed by atoms with Crippen LogP contribution in [0.1, 0.15) is 59.3 Å². The van der Waals surface area contributed by atoms with Crippen LogP contribution in [0.25, 0.3) is 0 Å². The van der Waals surface area contributed by atoms with Gasteiger partial charge in [-0.1, -0.05) is 26.7 Å². The maximum Gasteiger partial charge on any atom is 0.409 e. The zero-order valence-electron chi connectivity index (χ0n) is 16.9. The summed E-state index contributed by atoms with van der Waals surface area (Å²) in [6.45, 7) is 9.20. The molecule has 0 spiro atoms. The summed E-state index contributed by atoms with van der Waals surface area (Å²) >= 11 is 0. The van der Waals surface area contributed by atoms with Crippen molar-refractivity contribution >= 4 is 17.5 Å². The Balaban J connectivity index is 2.01. The van der Waals surface area contributed by atoms with Crippen molar-refractivity contribution < 1.29 is 9.53 Å². The molecule has 0 saturated carbocycles. The Kier molecular flexibility index (Phi) is 8.13. The number of ether oxygens (including phenoxy) is 1. The van der Waals surface area contributed by atoms with E-state index in [-0.39, 0.29) is 17.6 Å². The monoisotopic (exact) mass is 379 g/mol. The Bertz CT molecular complexity index is 665. The second-order valence-corrected chi connectivity index (χ2v) is 7.18. The Morgan fingerprint density at radius 3 is 2.19 bits per heavy atom. The molecule has 1 aliphatic heterocycles. The second kappa shape index (κ2) is 10.3. The average molecular weight is 380 g/mol. The first kappa shape index (κ1) is 21.3. The number of hydrogen-bond donors (Lipinski definition) is 1. The van der Waals surface area contributed by atoms with E-state index < -0.39 is 5.43 Å². The largest absolute Gasteiger partial charge is 0.450 e. The number of amides is 1. The third-order valence-electron chi connectivity index (χ3n) is 5.13. The number of likely N-dealkylation sites (tertiary alicyclic amines) is 1. The molecule has 1 amide bonds. The summed E-state index contributed by atoms with van der Waals surface area (Å²) in [5.41, 5.74) is 0.265. The van der Waals surface area contributed by atoms with E-state index in [2.05, 4.69) is 24.1 Å². The normalized spacial score (nSPS) is 15.1. The number of nitrogens with zero attached hydrogens (tertiary/aromatic N) is 2. The van der Waals surface area contributed by atoms with Crippen molar-refractivity contribution in [1.82, 2.24) is 4.90 Å². The average Bonchev–Trinajstić information content (AvgIpc) is 2.69. The Labute approximate surface area is 161 Å². The lowest BCUT2D eigenvalue weighted by Crippen LogP contribution is -2.47. The number of unbranched alkanes of at least 4 members (excludes halogenated alkanes) is 2. The minimum Gasteiger partial charge on any atom is -0.450 e. The van der Waals surface area contributed by atoms with Gasteiger partial charge in [0.25, 0.3) is 10.9 Å². The van der Waals surface area contributed by atoms with Gasteiger partial charge in [-0.3, -0.25) is 9.59 Å². The predicted octanol–water partition coefficient (Wildman–Crippen LogP) is 2.72. The third kappa shape index (κ3) is 5.23. The highest BCUT2D eigenvalue weighted by molar-refractivity contribution is 5.75. The van der Waals surface area contributed by atoms with Crippen molar-refractivity contribution in [2.45, 2.75) is 65.3 Å². The van der Waals surface area contributed by atoms with Crippen molar-refractivity contribution in [2.24, 2.45) is 0 Å². The fourth-order valence-corrected chi connectivity index (χ4v) is 3.47. The molecule has 1 aliphatic rings. The molecule has 0 bridgehead atoms. The maximum atomic E-state index is 12.2. The van der Waals surface area contributed by atoms with Crippen molar-refractivity contribution in [3.05, 3.63) is 20.4 Å². The van der Waals surface area contributed by atoms with Crippen molar-refractivity contribution in [2.75, 3.05) is 43.0 Å². The van der Waals surface area contributed by atoms with Gasteiger partial charge >= 0.3 is 6.09 Å². The molecule has 1 N–H and O–H groups in total. The molecule has 1 fully saturated rings. The molecule has 0 unspecified atom stereocenters. The van der Waals surface area contributed by atoms with Gasteiger partial charge in [0.15, 0.2) is 0 Å². The van der Waals surface area contributed by atoms with Crippen LogP contribution >= 0.6 is 0 Å². The molecule has 27 heavy (non-hydrogen) atoms. The van der Waals surface area contributed by atoms with Crippen molar-refractivity contribution in [1.29, 1.82) is 0 Å². The Hall–Kier alpha value is -2.05. The topological polar surface area (TPSA) is 79.0 Å². The first-order chi connectivity index (χ1) is 13.0. The quantitative estimate of drug-likeness (QED) is 0.630. The van der Waals surface area contributed by atoms with Crippen molar-refractivity contribution in [3.63, 3.8) is 0 Å². The zero-order chi connectivity index (χ0) is 19.8. The Morgan fingerprint density at radius 1 is 1.07 bits per heavy atom. The van der Waals surface area contributed by atoms with Crippen LogP contribution in [0.2, 0.25) is 0 Å². The maximum absolute atomic E-state index is 12.2. The molecule has 2 rings (SSSR count). The van der Waals surface area contributed by atoms with Gasteiger partial charge in [-0.2, -0.15) is 0 Å². The second-order valence-electron chi connectivity index (χ2n) is 7.18. The molecule has 0 aliphatic carbocycles. The number of carbonyl (C=O) groups is 1. The van der Waals surface area contributed by atoms with Crippen LogP contribution in [0.15, 0.2) is 9.59 Å². The first-order valence-corrected chi connectivity index (χ1v) is 10.3. The van der Waals surface area contributed by atoms with Crippen LogP contribution < -0.4 is 21.1 Å². The lowest BCUT2D eigenvalue weighted by atomic mass is 10.0. The number of rotatable bonds is 10. The Morgan fingerprint density at radius 2 is 1.67 bits per heavy atom. The number of carbonyl (C=O) groups excluding carboxylic acids is 1. The van der Waals surface area contributed by atoms with E-state index >= 15 is 0 Å². The van der Waals surface area contributed by atoms with Gasteiger partial charge in [-0.15, -0.1) is 0 Å². The van der Waals surface area contributed by atoms with E-state index in [0.717, 1.165) is 51.6 Å². The lowest BCUT2D eigenvalue weighted by Gasteiger charge is -2.34. The number of hydrogen-bond acceptors (Lipinski definition) is 6. The molecular formula is C20H33N3O4. The highest BCUT2D eigenvalue weighted by Gasteiger charge is 2.29. The highest BCUT2D eigenvalue weighted by Crippen LogP contribution is 2.24. The van der Waals surface area contributed by atoms with Crippen LogP contribution in [0, 0.1) is 0 Å². The molecule has 1 aromatic carbocycles. The van der Waals surface area contributed by atoms with E-state index in [0.29, 0.717) is 31.1 Å². The summed E-state index contributed by atoms with van der Waals surface area (Å²) in [5, 5.41) is 3.30. The summed E-state index contributed by atoms with van der Waals surface area (Å²) in [5.74, 6) is 0. The predicted molar refractivity (Wildman–Crippen MR) is 109 cm³/mol.